The highest BCUT2D eigenvalue weighted by Crippen LogP contribution is 2.51. The molecule has 1 fully saturated rings. The zero-order valence-electron chi connectivity index (χ0n) is 23.8. The number of esters is 3. The van der Waals surface area contributed by atoms with Crippen LogP contribution in [-0.2, 0) is 28.6 Å². The standard InChI is InChI=1S/C31H40O8/c1-18-13-14-30(6,7)26(35)16-25(34)19(2)15-24-27(38-29(36)23-11-9-8-10-12-23)20(3)17-31(24,39-22(5)33)28(18)37-21(4)32/h8-15,18,20,24-25,27-28,34H,16-17H2,1-7H3/t18-,20+,24+,25-,27+,28-,31-/m1/s1. The Bertz CT molecular complexity index is 1150. The Balaban J connectivity index is 2.23. The number of fused-ring (bicyclic) bond motifs is 1. The summed E-state index contributed by atoms with van der Waals surface area (Å²) in [5.74, 6) is -3.40. The number of hydrogen-bond acceptors (Lipinski definition) is 8. The molecule has 0 spiro atoms. The number of allylic oxidation sites excluding steroid dienone is 1. The fraction of sp³-hybridized carbons (Fsp3) is 0.548. The minimum absolute atomic E-state index is 0.112. The zero-order chi connectivity index (χ0) is 29.1. The van der Waals surface area contributed by atoms with Crippen LogP contribution in [0.5, 0.6) is 0 Å². The van der Waals surface area contributed by atoms with Gasteiger partial charge >= 0.3 is 17.9 Å². The van der Waals surface area contributed by atoms with Gasteiger partial charge in [0.2, 0.25) is 0 Å². The summed E-state index contributed by atoms with van der Waals surface area (Å²) >= 11 is 0. The molecule has 0 saturated heterocycles. The maximum Gasteiger partial charge on any atom is 0.338 e. The minimum Gasteiger partial charge on any atom is -0.458 e. The molecule has 7 atom stereocenters. The monoisotopic (exact) mass is 540 g/mol. The molecule has 2 aliphatic carbocycles. The number of carbonyl (C=O) groups is 4. The van der Waals surface area contributed by atoms with Crippen LogP contribution >= 0.6 is 0 Å². The van der Waals surface area contributed by atoms with Crippen LogP contribution < -0.4 is 0 Å². The third kappa shape index (κ3) is 6.67. The van der Waals surface area contributed by atoms with Gasteiger partial charge in [-0.1, -0.05) is 50.3 Å². The van der Waals surface area contributed by atoms with Crippen LogP contribution in [0.15, 0.2) is 54.1 Å². The van der Waals surface area contributed by atoms with E-state index in [-0.39, 0.29) is 24.5 Å². The molecule has 39 heavy (non-hydrogen) atoms. The van der Waals surface area contributed by atoms with Gasteiger partial charge in [0.05, 0.1) is 17.6 Å². The first-order valence-corrected chi connectivity index (χ1v) is 13.4. The lowest BCUT2D eigenvalue weighted by atomic mass is 9.75. The van der Waals surface area contributed by atoms with Crippen molar-refractivity contribution < 1.29 is 38.5 Å². The molecule has 0 amide bonds. The molecule has 0 aromatic heterocycles. The smallest absolute Gasteiger partial charge is 0.338 e. The van der Waals surface area contributed by atoms with E-state index in [1.54, 1.807) is 69.3 Å². The number of aliphatic hydroxyl groups excluding tert-OH is 1. The predicted molar refractivity (Wildman–Crippen MR) is 144 cm³/mol. The van der Waals surface area contributed by atoms with Gasteiger partial charge in [0.15, 0.2) is 5.60 Å². The van der Waals surface area contributed by atoms with E-state index < -0.39 is 59.1 Å². The second-order valence-electron chi connectivity index (χ2n) is 11.5. The van der Waals surface area contributed by atoms with E-state index in [4.69, 9.17) is 14.2 Å². The van der Waals surface area contributed by atoms with Crippen molar-refractivity contribution in [2.24, 2.45) is 23.2 Å². The second kappa shape index (κ2) is 11.9. The van der Waals surface area contributed by atoms with E-state index in [1.165, 1.54) is 13.8 Å². The number of rotatable bonds is 4. The van der Waals surface area contributed by atoms with Gasteiger partial charge in [0.25, 0.3) is 0 Å². The molecule has 1 aromatic rings. The van der Waals surface area contributed by atoms with E-state index in [1.807, 2.05) is 13.8 Å². The Labute approximate surface area is 230 Å². The highest BCUT2D eigenvalue weighted by Gasteiger charge is 2.62. The van der Waals surface area contributed by atoms with Crippen molar-refractivity contribution in [3.63, 3.8) is 0 Å². The lowest BCUT2D eigenvalue weighted by Crippen LogP contribution is -2.55. The van der Waals surface area contributed by atoms with Crippen LogP contribution in [0.2, 0.25) is 0 Å². The summed E-state index contributed by atoms with van der Waals surface area (Å²) < 4.78 is 18.0. The van der Waals surface area contributed by atoms with Gasteiger partial charge < -0.3 is 19.3 Å². The number of carbonyl (C=O) groups excluding carboxylic acids is 4. The summed E-state index contributed by atoms with van der Waals surface area (Å²) in [6, 6.07) is 8.56. The Kier molecular flexibility index (Phi) is 9.21. The summed E-state index contributed by atoms with van der Waals surface area (Å²) in [5.41, 5.74) is -1.46. The van der Waals surface area contributed by atoms with Crippen LogP contribution in [0.25, 0.3) is 0 Å². The van der Waals surface area contributed by atoms with E-state index in [0.29, 0.717) is 11.1 Å². The van der Waals surface area contributed by atoms with E-state index in [9.17, 15) is 24.3 Å². The van der Waals surface area contributed by atoms with Crippen LogP contribution in [0.4, 0.5) is 0 Å². The van der Waals surface area contributed by atoms with Crippen molar-refractivity contribution in [2.45, 2.75) is 85.2 Å². The zero-order valence-corrected chi connectivity index (χ0v) is 23.8. The molecular weight excluding hydrogens is 500 g/mol. The van der Waals surface area contributed by atoms with Crippen molar-refractivity contribution in [2.75, 3.05) is 0 Å². The molecule has 0 aliphatic heterocycles. The lowest BCUT2D eigenvalue weighted by molar-refractivity contribution is -0.195. The van der Waals surface area contributed by atoms with E-state index >= 15 is 0 Å². The van der Waals surface area contributed by atoms with Crippen molar-refractivity contribution in [1.82, 2.24) is 0 Å². The number of benzene rings is 1. The highest BCUT2D eigenvalue weighted by atomic mass is 16.6. The third-order valence-corrected chi connectivity index (χ3v) is 7.84. The predicted octanol–water partition coefficient (Wildman–Crippen LogP) is 4.60. The molecule has 2 aliphatic rings. The topological polar surface area (TPSA) is 116 Å². The van der Waals surface area contributed by atoms with Gasteiger partial charge in [-0.3, -0.25) is 14.4 Å². The molecule has 0 bridgehead atoms. The maximum atomic E-state index is 13.2. The normalized spacial score (nSPS) is 32.6. The van der Waals surface area contributed by atoms with E-state index in [0.717, 1.165) is 0 Å². The first-order valence-electron chi connectivity index (χ1n) is 13.4. The average Bonchev–Trinajstić information content (AvgIpc) is 3.10. The largest absolute Gasteiger partial charge is 0.458 e. The maximum absolute atomic E-state index is 13.2. The SMILES string of the molecule is CC(=O)O[C@@H]1[C@H](C)C=CC(C)(C)C(=O)C[C@@H](O)C(C)=C[C@H]2[C@@H](OC(=O)c3ccccc3)[C@@H](C)C[C@]12OC(C)=O. The number of hydrogen-bond donors (Lipinski definition) is 1. The fourth-order valence-corrected chi connectivity index (χ4v) is 5.73. The summed E-state index contributed by atoms with van der Waals surface area (Å²) in [6.45, 7) is 11.5. The highest BCUT2D eigenvalue weighted by molar-refractivity contribution is 5.89. The van der Waals surface area contributed by atoms with Gasteiger partial charge in [0, 0.05) is 31.6 Å². The van der Waals surface area contributed by atoms with Gasteiger partial charge in [-0.2, -0.15) is 0 Å². The molecule has 0 unspecified atom stereocenters. The molecule has 3 rings (SSSR count). The fourth-order valence-electron chi connectivity index (χ4n) is 5.73. The average molecular weight is 541 g/mol. The Morgan fingerprint density at radius 1 is 1.00 bits per heavy atom. The number of ether oxygens (including phenoxy) is 3. The van der Waals surface area contributed by atoms with Gasteiger partial charge in [-0.15, -0.1) is 0 Å². The van der Waals surface area contributed by atoms with Crippen molar-refractivity contribution in [3.05, 3.63) is 59.7 Å². The molecule has 1 N–H and O–H groups in total. The van der Waals surface area contributed by atoms with Gasteiger partial charge in [-0.05, 0) is 50.8 Å². The van der Waals surface area contributed by atoms with Crippen LogP contribution in [0, 0.1) is 23.2 Å². The summed E-state index contributed by atoms with van der Waals surface area (Å²) in [7, 11) is 0. The quantitative estimate of drug-likeness (QED) is 0.335. The summed E-state index contributed by atoms with van der Waals surface area (Å²) in [4.78, 5) is 51.2. The lowest BCUT2D eigenvalue weighted by Gasteiger charge is -2.43. The van der Waals surface area contributed by atoms with Crippen LogP contribution in [-0.4, -0.2) is 52.7 Å². The minimum atomic E-state index is -1.41. The molecule has 8 nitrogen and oxygen atoms in total. The molecule has 0 radical (unpaired) electrons. The number of aliphatic hydroxyl groups is 1. The van der Waals surface area contributed by atoms with Gasteiger partial charge in [-0.25, -0.2) is 4.79 Å². The molecule has 1 aromatic carbocycles. The third-order valence-electron chi connectivity index (χ3n) is 7.84. The Morgan fingerprint density at radius 2 is 1.64 bits per heavy atom. The summed E-state index contributed by atoms with van der Waals surface area (Å²) in [6.07, 6.45) is 2.53. The van der Waals surface area contributed by atoms with Crippen molar-refractivity contribution in [3.8, 4) is 0 Å². The summed E-state index contributed by atoms with van der Waals surface area (Å²) in [5, 5.41) is 11.0. The van der Waals surface area contributed by atoms with Crippen molar-refractivity contribution in [1.29, 1.82) is 0 Å². The molecule has 212 valence electrons. The van der Waals surface area contributed by atoms with Crippen LogP contribution in [0.3, 0.4) is 0 Å². The first kappa shape index (κ1) is 30.3. The molecule has 0 heterocycles. The number of ketones is 1. The number of Topliss-reactive ketones (excluding diaryl/α,β-unsaturated/α-hetero) is 1. The van der Waals surface area contributed by atoms with E-state index in [2.05, 4.69) is 0 Å². The first-order chi connectivity index (χ1) is 18.2. The second-order valence-corrected chi connectivity index (χ2v) is 11.5. The molecule has 8 heteroatoms. The van der Waals surface area contributed by atoms with Gasteiger partial charge in [0.1, 0.15) is 18.0 Å². The molecular formula is C31H40O8. The van der Waals surface area contributed by atoms with Crippen LogP contribution in [0.1, 0.15) is 71.7 Å². The van der Waals surface area contributed by atoms with Crippen molar-refractivity contribution >= 4 is 23.7 Å². The Morgan fingerprint density at radius 3 is 2.23 bits per heavy atom. The molecule has 1 saturated carbocycles. The Hall–Kier alpha value is -3.26.